The van der Waals surface area contributed by atoms with E-state index in [9.17, 15) is 4.79 Å². The van der Waals surface area contributed by atoms with Gasteiger partial charge in [0.1, 0.15) is 10.2 Å². The number of anilines is 1. The van der Waals surface area contributed by atoms with Crippen molar-refractivity contribution < 1.29 is 0 Å². The van der Waals surface area contributed by atoms with Crippen LogP contribution in [-0.4, -0.2) is 16.0 Å². The maximum absolute atomic E-state index is 11.9. The number of aromatic amines is 1. The predicted octanol–water partition coefficient (Wildman–Crippen LogP) is 3.49. The Morgan fingerprint density at radius 3 is 2.94 bits per heavy atom. The van der Waals surface area contributed by atoms with Crippen LogP contribution in [0.25, 0.3) is 10.2 Å². The van der Waals surface area contributed by atoms with Crippen molar-refractivity contribution >= 4 is 43.4 Å². The Morgan fingerprint density at radius 2 is 2.17 bits per heavy atom. The number of hydrogen-bond donors (Lipinski definition) is 2. The van der Waals surface area contributed by atoms with Crippen LogP contribution in [0.3, 0.4) is 0 Å². The van der Waals surface area contributed by atoms with E-state index in [4.69, 9.17) is 0 Å². The second-order valence-corrected chi connectivity index (χ2v) is 6.39. The molecule has 1 saturated carbocycles. The van der Waals surface area contributed by atoms with Gasteiger partial charge < -0.3 is 5.32 Å². The van der Waals surface area contributed by atoms with E-state index >= 15 is 0 Å². The maximum Gasteiger partial charge on any atom is 0.270 e. The van der Waals surface area contributed by atoms with Crippen molar-refractivity contribution in [3.63, 3.8) is 0 Å². The van der Waals surface area contributed by atoms with Crippen LogP contribution in [0, 0.1) is 0 Å². The molecule has 0 spiro atoms. The lowest BCUT2D eigenvalue weighted by atomic mass is 9.96. The lowest BCUT2D eigenvalue weighted by Crippen LogP contribution is -2.25. The minimum absolute atomic E-state index is 0.0611. The van der Waals surface area contributed by atoms with Gasteiger partial charge >= 0.3 is 0 Å². The fourth-order valence-electron chi connectivity index (χ4n) is 2.41. The van der Waals surface area contributed by atoms with Crippen LogP contribution in [0.5, 0.6) is 0 Å². The molecular formula is C12H14BrN3OS. The first kappa shape index (κ1) is 12.2. The second-order valence-electron chi connectivity index (χ2n) is 4.66. The summed E-state index contributed by atoms with van der Waals surface area (Å²) in [5.74, 6) is 0.596. The zero-order valence-electron chi connectivity index (χ0n) is 9.83. The fraction of sp³-hybridized carbons (Fsp3) is 0.500. The van der Waals surface area contributed by atoms with Gasteiger partial charge in [-0.3, -0.25) is 9.78 Å². The van der Waals surface area contributed by atoms with Gasteiger partial charge in [-0.25, -0.2) is 4.98 Å². The monoisotopic (exact) mass is 327 g/mol. The van der Waals surface area contributed by atoms with Gasteiger partial charge in [0, 0.05) is 11.4 Å². The van der Waals surface area contributed by atoms with Gasteiger partial charge in [-0.05, 0) is 28.8 Å². The number of nitrogens with zero attached hydrogens (tertiary/aromatic N) is 1. The topological polar surface area (TPSA) is 57.8 Å². The Bertz CT molecular complexity index is 615. The average Bonchev–Trinajstić information content (AvgIpc) is 2.73. The van der Waals surface area contributed by atoms with Gasteiger partial charge in [-0.15, -0.1) is 11.3 Å². The molecule has 2 aromatic heterocycles. The second kappa shape index (κ2) is 5.01. The first-order valence-electron chi connectivity index (χ1n) is 6.17. The number of hydrogen-bond acceptors (Lipinski definition) is 4. The van der Waals surface area contributed by atoms with Crippen LogP contribution >= 0.6 is 27.3 Å². The molecule has 0 aliphatic heterocycles. The molecule has 2 aromatic rings. The molecule has 6 heteroatoms. The Labute approximate surface area is 117 Å². The van der Waals surface area contributed by atoms with Gasteiger partial charge in [0.2, 0.25) is 5.95 Å². The number of H-pyrrole nitrogens is 1. The summed E-state index contributed by atoms with van der Waals surface area (Å²) >= 11 is 4.84. The maximum atomic E-state index is 11.9. The zero-order valence-corrected chi connectivity index (χ0v) is 12.2. The number of thiophene rings is 1. The van der Waals surface area contributed by atoms with Crippen molar-refractivity contribution in [3.05, 3.63) is 20.2 Å². The van der Waals surface area contributed by atoms with E-state index in [1.165, 1.54) is 30.6 Å². The van der Waals surface area contributed by atoms with Gasteiger partial charge in [0.25, 0.3) is 5.56 Å². The third-order valence-electron chi connectivity index (χ3n) is 3.33. The molecule has 0 amide bonds. The first-order chi connectivity index (χ1) is 8.74. The van der Waals surface area contributed by atoms with Crippen LogP contribution in [0.1, 0.15) is 32.1 Å². The minimum atomic E-state index is -0.0611. The van der Waals surface area contributed by atoms with E-state index in [-0.39, 0.29) is 5.56 Å². The van der Waals surface area contributed by atoms with Gasteiger partial charge in [0.05, 0.1) is 4.47 Å². The number of rotatable bonds is 2. The third kappa shape index (κ3) is 2.31. The zero-order chi connectivity index (χ0) is 12.5. The van der Waals surface area contributed by atoms with Crippen LogP contribution in [0.15, 0.2) is 14.6 Å². The van der Waals surface area contributed by atoms with Crippen LogP contribution in [-0.2, 0) is 0 Å². The molecule has 0 atom stereocenters. The van der Waals surface area contributed by atoms with Gasteiger partial charge in [-0.2, -0.15) is 0 Å². The smallest absolute Gasteiger partial charge is 0.270 e. The highest BCUT2D eigenvalue weighted by Crippen LogP contribution is 2.27. The average molecular weight is 328 g/mol. The molecule has 4 nitrogen and oxygen atoms in total. The summed E-state index contributed by atoms with van der Waals surface area (Å²) < 4.78 is 1.57. The van der Waals surface area contributed by atoms with Crippen LogP contribution in [0.4, 0.5) is 5.95 Å². The summed E-state index contributed by atoms with van der Waals surface area (Å²) in [6, 6.07) is 0.441. The normalized spacial score (nSPS) is 17.2. The van der Waals surface area contributed by atoms with Crippen molar-refractivity contribution in [2.75, 3.05) is 5.32 Å². The summed E-state index contributed by atoms with van der Waals surface area (Å²) in [5.41, 5.74) is 0.691. The molecule has 2 heterocycles. The molecule has 18 heavy (non-hydrogen) atoms. The Hall–Kier alpha value is -0.880. The molecule has 3 rings (SSSR count). The standard InChI is InChI=1S/C12H14BrN3OS/c13-8-6-18-10-9(8)15-12(16-11(10)17)14-7-4-2-1-3-5-7/h6-7H,1-5H2,(H2,14,15,16,17). The summed E-state index contributed by atoms with van der Waals surface area (Å²) in [4.78, 5) is 19.2. The van der Waals surface area contributed by atoms with Gasteiger partial charge in [0.15, 0.2) is 0 Å². The van der Waals surface area contributed by atoms with Crippen molar-refractivity contribution in [1.82, 2.24) is 9.97 Å². The quantitative estimate of drug-likeness (QED) is 0.887. The van der Waals surface area contributed by atoms with Crippen LogP contribution < -0.4 is 10.9 Å². The molecule has 0 radical (unpaired) electrons. The first-order valence-corrected chi connectivity index (χ1v) is 7.85. The Morgan fingerprint density at radius 1 is 1.39 bits per heavy atom. The van der Waals surface area contributed by atoms with Crippen molar-refractivity contribution in [2.24, 2.45) is 0 Å². The molecule has 0 aromatic carbocycles. The minimum Gasteiger partial charge on any atom is -0.353 e. The molecule has 0 bridgehead atoms. The Kier molecular flexibility index (Phi) is 3.39. The van der Waals surface area contributed by atoms with E-state index in [1.54, 1.807) is 0 Å². The SMILES string of the molecule is O=c1[nH]c(NC2CCCCC2)nc2c(Br)csc12. The molecule has 1 aliphatic rings. The molecule has 0 saturated heterocycles. The number of aromatic nitrogens is 2. The number of halogens is 1. The largest absolute Gasteiger partial charge is 0.353 e. The fourth-order valence-corrected chi connectivity index (χ4v) is 3.87. The highest BCUT2D eigenvalue weighted by molar-refractivity contribution is 9.10. The number of fused-ring (bicyclic) bond motifs is 1. The summed E-state index contributed by atoms with van der Waals surface area (Å²) in [7, 11) is 0. The van der Waals surface area contributed by atoms with E-state index in [0.29, 0.717) is 16.7 Å². The number of nitrogens with one attached hydrogen (secondary N) is 2. The van der Waals surface area contributed by atoms with Crippen molar-refractivity contribution in [3.8, 4) is 0 Å². The lowest BCUT2D eigenvalue weighted by Gasteiger charge is -2.22. The van der Waals surface area contributed by atoms with E-state index in [2.05, 4.69) is 31.2 Å². The van der Waals surface area contributed by atoms with Crippen molar-refractivity contribution in [2.45, 2.75) is 38.1 Å². The highest BCUT2D eigenvalue weighted by atomic mass is 79.9. The van der Waals surface area contributed by atoms with Crippen molar-refractivity contribution in [1.29, 1.82) is 0 Å². The molecule has 0 unspecified atom stereocenters. The van der Waals surface area contributed by atoms with E-state index < -0.39 is 0 Å². The van der Waals surface area contributed by atoms with E-state index in [1.807, 2.05) is 5.38 Å². The highest BCUT2D eigenvalue weighted by Gasteiger charge is 2.15. The third-order valence-corrected chi connectivity index (χ3v) is 5.20. The summed E-state index contributed by atoms with van der Waals surface area (Å²) in [5, 5.41) is 5.25. The summed E-state index contributed by atoms with van der Waals surface area (Å²) in [6.07, 6.45) is 6.15. The van der Waals surface area contributed by atoms with Gasteiger partial charge in [-0.1, -0.05) is 19.3 Å². The summed E-state index contributed by atoms with van der Waals surface area (Å²) in [6.45, 7) is 0. The van der Waals surface area contributed by atoms with Crippen LogP contribution in [0.2, 0.25) is 0 Å². The lowest BCUT2D eigenvalue weighted by molar-refractivity contribution is 0.461. The molecule has 96 valence electrons. The molecule has 2 N–H and O–H groups in total. The van der Waals surface area contributed by atoms with E-state index in [0.717, 1.165) is 22.8 Å². The molecular weight excluding hydrogens is 314 g/mol. The molecule has 1 fully saturated rings. The molecule has 1 aliphatic carbocycles. The Balaban J connectivity index is 1.92. The predicted molar refractivity (Wildman–Crippen MR) is 78.4 cm³/mol.